The van der Waals surface area contributed by atoms with Crippen molar-refractivity contribution in [3.63, 3.8) is 0 Å². The number of aromatic amines is 1. The topological polar surface area (TPSA) is 77.9 Å². The highest BCUT2D eigenvalue weighted by molar-refractivity contribution is 5.93. The summed E-state index contributed by atoms with van der Waals surface area (Å²) in [6.45, 7) is 3.50. The highest BCUT2D eigenvalue weighted by Crippen LogP contribution is 2.18. The normalized spacial score (nSPS) is 13.0. The molecule has 1 heterocycles. The van der Waals surface area contributed by atoms with Crippen molar-refractivity contribution in [2.45, 2.75) is 26.0 Å². The molecule has 22 heavy (non-hydrogen) atoms. The van der Waals surface area contributed by atoms with Gasteiger partial charge in [-0.05, 0) is 32.0 Å². The molecule has 2 atom stereocenters. The maximum atomic E-state index is 13.5. The molecule has 6 heteroatoms. The van der Waals surface area contributed by atoms with Gasteiger partial charge in [-0.25, -0.2) is 4.39 Å². The Morgan fingerprint density at radius 3 is 2.77 bits per heavy atom. The van der Waals surface area contributed by atoms with E-state index in [1.807, 2.05) is 6.07 Å². The molecule has 0 radical (unpaired) electrons. The number of hydrogen-bond acceptors (Lipinski definition) is 3. The van der Waals surface area contributed by atoms with Gasteiger partial charge in [0.1, 0.15) is 17.9 Å². The van der Waals surface area contributed by atoms with Crippen LogP contribution >= 0.6 is 0 Å². The summed E-state index contributed by atoms with van der Waals surface area (Å²) in [5, 5.41) is 11.5. The molecule has 5 nitrogen and oxygen atoms in total. The van der Waals surface area contributed by atoms with E-state index in [9.17, 15) is 9.18 Å². The van der Waals surface area contributed by atoms with E-state index in [1.165, 1.54) is 24.4 Å². The number of hydrogen-bond donors (Lipinski definition) is 2. The maximum absolute atomic E-state index is 13.5. The van der Waals surface area contributed by atoms with Gasteiger partial charge in [-0.2, -0.15) is 5.26 Å². The number of H-pyrrole nitrogens is 1. The smallest absolute Gasteiger partial charge is 0.268 e. The first kappa shape index (κ1) is 15.6. The lowest BCUT2D eigenvalue weighted by Crippen LogP contribution is -2.42. The number of ether oxygens (including phenoxy) is 1. The number of amides is 1. The highest BCUT2D eigenvalue weighted by atomic mass is 19.1. The predicted octanol–water partition coefficient (Wildman–Crippen LogP) is 2.61. The van der Waals surface area contributed by atoms with Gasteiger partial charge in [0.15, 0.2) is 11.6 Å². The molecular formula is C16H16FN3O2. The molecule has 0 fully saturated rings. The summed E-state index contributed by atoms with van der Waals surface area (Å²) >= 11 is 0. The van der Waals surface area contributed by atoms with E-state index in [0.717, 1.165) is 0 Å². The second-order valence-electron chi connectivity index (χ2n) is 4.93. The predicted molar refractivity (Wildman–Crippen MR) is 78.9 cm³/mol. The molecule has 0 saturated carbocycles. The SMILES string of the molecule is CC(NC(=O)c1cc(C#N)c[nH]1)C(C)Oc1ccccc1F. The Morgan fingerprint density at radius 2 is 2.14 bits per heavy atom. The van der Waals surface area contributed by atoms with Crippen LogP contribution in [0.5, 0.6) is 5.75 Å². The van der Waals surface area contributed by atoms with Crippen LogP contribution in [0.1, 0.15) is 29.9 Å². The van der Waals surface area contributed by atoms with Gasteiger partial charge < -0.3 is 15.0 Å². The van der Waals surface area contributed by atoms with Gasteiger partial charge in [-0.15, -0.1) is 0 Å². The molecule has 0 bridgehead atoms. The van der Waals surface area contributed by atoms with Crippen molar-refractivity contribution in [2.75, 3.05) is 0 Å². The third-order valence-electron chi connectivity index (χ3n) is 3.27. The lowest BCUT2D eigenvalue weighted by Gasteiger charge is -2.22. The Morgan fingerprint density at radius 1 is 1.41 bits per heavy atom. The summed E-state index contributed by atoms with van der Waals surface area (Å²) in [5.41, 5.74) is 0.676. The number of rotatable bonds is 5. The minimum atomic E-state index is -0.448. The Balaban J connectivity index is 1.96. The number of benzene rings is 1. The molecule has 114 valence electrons. The van der Waals surface area contributed by atoms with Gasteiger partial charge in [-0.1, -0.05) is 12.1 Å². The second kappa shape index (κ2) is 6.76. The minimum absolute atomic E-state index is 0.141. The number of halogens is 1. The van der Waals surface area contributed by atoms with Crippen molar-refractivity contribution >= 4 is 5.91 Å². The zero-order valence-corrected chi connectivity index (χ0v) is 12.3. The first-order chi connectivity index (χ1) is 10.5. The average Bonchev–Trinajstić information content (AvgIpc) is 2.98. The Labute approximate surface area is 127 Å². The number of carbonyl (C=O) groups is 1. The fourth-order valence-electron chi connectivity index (χ4n) is 1.83. The largest absolute Gasteiger partial charge is 0.486 e. The van der Waals surface area contributed by atoms with Crippen LogP contribution in [0.4, 0.5) is 4.39 Å². The second-order valence-corrected chi connectivity index (χ2v) is 4.93. The minimum Gasteiger partial charge on any atom is -0.486 e. The van der Waals surface area contributed by atoms with Gasteiger partial charge in [0.25, 0.3) is 5.91 Å². The summed E-state index contributed by atoms with van der Waals surface area (Å²) in [4.78, 5) is 14.8. The Bertz CT molecular complexity index is 705. The number of aromatic nitrogens is 1. The van der Waals surface area contributed by atoms with Crippen LogP contribution in [0.15, 0.2) is 36.5 Å². The highest BCUT2D eigenvalue weighted by Gasteiger charge is 2.19. The lowest BCUT2D eigenvalue weighted by atomic mass is 10.2. The molecule has 2 aromatic rings. The number of nitrogens with one attached hydrogen (secondary N) is 2. The van der Waals surface area contributed by atoms with Crippen molar-refractivity contribution < 1.29 is 13.9 Å². The molecule has 0 aliphatic carbocycles. The quantitative estimate of drug-likeness (QED) is 0.891. The molecule has 1 aromatic carbocycles. The van der Waals surface area contributed by atoms with E-state index in [0.29, 0.717) is 11.3 Å². The van der Waals surface area contributed by atoms with Crippen molar-refractivity contribution in [3.05, 3.63) is 53.6 Å². The van der Waals surface area contributed by atoms with Gasteiger partial charge in [-0.3, -0.25) is 4.79 Å². The average molecular weight is 301 g/mol. The van der Waals surface area contributed by atoms with E-state index in [2.05, 4.69) is 10.3 Å². The molecule has 0 spiro atoms. The fourth-order valence-corrected chi connectivity index (χ4v) is 1.83. The molecule has 0 saturated heterocycles. The van der Waals surface area contributed by atoms with Crippen molar-refractivity contribution in [1.82, 2.24) is 10.3 Å². The molecular weight excluding hydrogens is 285 g/mol. The van der Waals surface area contributed by atoms with E-state index in [1.54, 1.807) is 26.0 Å². The molecule has 2 unspecified atom stereocenters. The van der Waals surface area contributed by atoms with Crippen molar-refractivity contribution in [2.24, 2.45) is 0 Å². The van der Waals surface area contributed by atoms with Crippen LogP contribution in [0.3, 0.4) is 0 Å². The van der Waals surface area contributed by atoms with Crippen molar-refractivity contribution in [1.29, 1.82) is 5.26 Å². The third-order valence-corrected chi connectivity index (χ3v) is 3.27. The standard InChI is InChI=1S/C16H16FN3O2/c1-10(11(2)22-15-6-4-3-5-13(15)17)20-16(21)14-7-12(8-18)9-19-14/h3-7,9-11,19H,1-2H3,(H,20,21). The number of para-hydroxylation sites is 1. The number of nitriles is 1. The van der Waals surface area contributed by atoms with Crippen molar-refractivity contribution in [3.8, 4) is 11.8 Å². The lowest BCUT2D eigenvalue weighted by molar-refractivity contribution is 0.0887. The van der Waals surface area contributed by atoms with Gasteiger partial charge in [0.05, 0.1) is 11.6 Å². The van der Waals surface area contributed by atoms with Crippen LogP contribution in [0.25, 0.3) is 0 Å². The molecule has 1 aromatic heterocycles. The van der Waals surface area contributed by atoms with Gasteiger partial charge in [0, 0.05) is 6.20 Å². The molecule has 0 aliphatic heterocycles. The maximum Gasteiger partial charge on any atom is 0.268 e. The summed E-state index contributed by atoms with van der Waals surface area (Å²) in [5.74, 6) is -0.656. The molecule has 0 aliphatic rings. The van der Waals surface area contributed by atoms with E-state index in [-0.39, 0.29) is 17.7 Å². The monoisotopic (exact) mass is 301 g/mol. The van der Waals surface area contributed by atoms with Crippen LogP contribution in [-0.2, 0) is 0 Å². The Kier molecular flexibility index (Phi) is 4.79. The van der Waals surface area contributed by atoms with E-state index < -0.39 is 11.9 Å². The fraction of sp³-hybridized carbons (Fsp3) is 0.250. The van der Waals surface area contributed by atoms with Gasteiger partial charge in [0.2, 0.25) is 0 Å². The number of nitrogens with zero attached hydrogens (tertiary/aromatic N) is 1. The van der Waals surface area contributed by atoms with Gasteiger partial charge >= 0.3 is 0 Å². The molecule has 1 amide bonds. The first-order valence-electron chi connectivity index (χ1n) is 6.82. The zero-order chi connectivity index (χ0) is 16.1. The Hall–Kier alpha value is -2.81. The first-order valence-corrected chi connectivity index (χ1v) is 6.82. The summed E-state index contributed by atoms with van der Waals surface area (Å²) in [6, 6.07) is 9.16. The summed E-state index contributed by atoms with van der Waals surface area (Å²) in [6.07, 6.45) is 1.03. The number of carbonyl (C=O) groups excluding carboxylic acids is 1. The van der Waals surface area contributed by atoms with Crippen LogP contribution in [-0.4, -0.2) is 23.0 Å². The van der Waals surface area contributed by atoms with Crippen LogP contribution in [0, 0.1) is 17.1 Å². The van der Waals surface area contributed by atoms with Crippen LogP contribution < -0.4 is 10.1 Å². The zero-order valence-electron chi connectivity index (χ0n) is 12.3. The third kappa shape index (κ3) is 3.64. The molecule has 2 rings (SSSR count). The summed E-state index contributed by atoms with van der Waals surface area (Å²) in [7, 11) is 0. The van der Waals surface area contributed by atoms with E-state index >= 15 is 0 Å². The van der Waals surface area contributed by atoms with Crippen LogP contribution in [0.2, 0.25) is 0 Å². The summed E-state index contributed by atoms with van der Waals surface area (Å²) < 4.78 is 19.1. The van der Waals surface area contributed by atoms with E-state index in [4.69, 9.17) is 10.00 Å². The molecule has 2 N–H and O–H groups in total.